The largest absolute Gasteiger partial charge is 0.325 e. The minimum absolute atomic E-state index is 0.0393. The maximum atomic E-state index is 10.8. The Labute approximate surface area is 83.5 Å². The Balaban J connectivity index is 2.24. The summed E-state index contributed by atoms with van der Waals surface area (Å²) in [5.41, 5.74) is 3.31. The first-order valence-electron chi connectivity index (χ1n) is 5.01. The van der Waals surface area contributed by atoms with Crippen molar-refractivity contribution < 1.29 is 4.79 Å². The monoisotopic (exact) mass is 190 g/mol. The SMILES string of the molecule is CC(=O)Nc1cnc2c(c1)CCCC2. The molecule has 14 heavy (non-hydrogen) atoms. The molecule has 74 valence electrons. The fourth-order valence-corrected chi connectivity index (χ4v) is 1.86. The molecule has 2 rings (SSSR count). The van der Waals surface area contributed by atoms with E-state index >= 15 is 0 Å². The van der Waals surface area contributed by atoms with Crippen molar-refractivity contribution in [3.05, 3.63) is 23.5 Å². The third kappa shape index (κ3) is 1.92. The molecule has 0 saturated carbocycles. The Morgan fingerprint density at radius 3 is 3.00 bits per heavy atom. The van der Waals surface area contributed by atoms with E-state index in [1.54, 1.807) is 6.20 Å². The van der Waals surface area contributed by atoms with Crippen molar-refractivity contribution in [2.75, 3.05) is 5.32 Å². The van der Waals surface area contributed by atoms with Crippen molar-refractivity contribution in [3.63, 3.8) is 0 Å². The molecule has 0 fully saturated rings. The minimum atomic E-state index is -0.0393. The first kappa shape index (κ1) is 9.19. The molecule has 0 aliphatic heterocycles. The molecular formula is C11H14N2O. The predicted molar refractivity (Wildman–Crippen MR) is 55.2 cm³/mol. The van der Waals surface area contributed by atoms with E-state index in [2.05, 4.69) is 10.3 Å². The number of pyridine rings is 1. The van der Waals surface area contributed by atoms with Gasteiger partial charge in [-0.1, -0.05) is 0 Å². The molecule has 0 atom stereocenters. The second-order valence-electron chi connectivity index (χ2n) is 3.72. The number of hydrogen-bond donors (Lipinski definition) is 1. The van der Waals surface area contributed by atoms with Crippen LogP contribution in [0.1, 0.15) is 31.0 Å². The van der Waals surface area contributed by atoms with E-state index in [1.165, 1.54) is 31.0 Å². The molecule has 0 bridgehead atoms. The van der Waals surface area contributed by atoms with Crippen LogP contribution in [-0.2, 0) is 17.6 Å². The number of nitrogens with zero attached hydrogens (tertiary/aromatic N) is 1. The Bertz CT molecular complexity index is 360. The van der Waals surface area contributed by atoms with Crippen LogP contribution in [0.2, 0.25) is 0 Å². The van der Waals surface area contributed by atoms with Gasteiger partial charge in [-0.25, -0.2) is 0 Å². The maximum absolute atomic E-state index is 10.8. The van der Waals surface area contributed by atoms with E-state index in [4.69, 9.17) is 0 Å². The van der Waals surface area contributed by atoms with Gasteiger partial charge in [0.1, 0.15) is 0 Å². The van der Waals surface area contributed by atoms with Crippen LogP contribution >= 0.6 is 0 Å². The smallest absolute Gasteiger partial charge is 0.221 e. The normalized spacial score (nSPS) is 14.6. The average Bonchev–Trinajstić information content (AvgIpc) is 2.17. The maximum Gasteiger partial charge on any atom is 0.221 e. The Kier molecular flexibility index (Phi) is 2.48. The topological polar surface area (TPSA) is 42.0 Å². The number of carbonyl (C=O) groups is 1. The highest BCUT2D eigenvalue weighted by Gasteiger charge is 2.10. The lowest BCUT2D eigenvalue weighted by Crippen LogP contribution is -2.10. The molecule has 1 aliphatic rings. The summed E-state index contributed by atoms with van der Waals surface area (Å²) in [7, 11) is 0. The van der Waals surface area contributed by atoms with Gasteiger partial charge >= 0.3 is 0 Å². The highest BCUT2D eigenvalue weighted by atomic mass is 16.1. The number of nitrogens with one attached hydrogen (secondary N) is 1. The average molecular weight is 190 g/mol. The van der Waals surface area contributed by atoms with Crippen LogP contribution in [0.3, 0.4) is 0 Å². The number of hydrogen-bond acceptors (Lipinski definition) is 2. The molecule has 1 aromatic rings. The lowest BCUT2D eigenvalue weighted by Gasteiger charge is -2.15. The van der Waals surface area contributed by atoms with Gasteiger partial charge in [0.15, 0.2) is 0 Å². The lowest BCUT2D eigenvalue weighted by atomic mass is 9.96. The lowest BCUT2D eigenvalue weighted by molar-refractivity contribution is -0.114. The van der Waals surface area contributed by atoms with Crippen molar-refractivity contribution in [1.82, 2.24) is 4.98 Å². The number of aryl methyl sites for hydroxylation is 2. The van der Waals surface area contributed by atoms with Gasteiger partial charge in [-0.2, -0.15) is 0 Å². The number of rotatable bonds is 1. The number of anilines is 1. The van der Waals surface area contributed by atoms with Crippen LogP contribution in [0.15, 0.2) is 12.3 Å². The second kappa shape index (κ2) is 3.78. The predicted octanol–water partition coefficient (Wildman–Crippen LogP) is 1.92. The third-order valence-electron chi connectivity index (χ3n) is 2.49. The van der Waals surface area contributed by atoms with Crippen molar-refractivity contribution in [2.24, 2.45) is 0 Å². The van der Waals surface area contributed by atoms with E-state index in [0.717, 1.165) is 18.5 Å². The molecule has 0 spiro atoms. The van der Waals surface area contributed by atoms with Gasteiger partial charge in [-0.15, -0.1) is 0 Å². The van der Waals surface area contributed by atoms with Gasteiger partial charge in [0.05, 0.1) is 11.9 Å². The highest BCUT2D eigenvalue weighted by Crippen LogP contribution is 2.21. The van der Waals surface area contributed by atoms with Crippen LogP contribution in [0, 0.1) is 0 Å². The van der Waals surface area contributed by atoms with E-state index in [0.29, 0.717) is 0 Å². The first-order chi connectivity index (χ1) is 6.75. The molecule has 1 aromatic heterocycles. The van der Waals surface area contributed by atoms with Crippen LogP contribution in [0.4, 0.5) is 5.69 Å². The number of carbonyl (C=O) groups excluding carboxylic acids is 1. The van der Waals surface area contributed by atoms with Gasteiger partial charge in [0.25, 0.3) is 0 Å². The molecule has 3 heteroatoms. The van der Waals surface area contributed by atoms with Crippen LogP contribution in [0.5, 0.6) is 0 Å². The third-order valence-corrected chi connectivity index (χ3v) is 2.49. The molecule has 1 N–H and O–H groups in total. The molecular weight excluding hydrogens is 176 g/mol. The van der Waals surface area contributed by atoms with E-state index < -0.39 is 0 Å². The molecule has 0 unspecified atom stereocenters. The molecule has 0 radical (unpaired) electrons. The highest BCUT2D eigenvalue weighted by molar-refractivity contribution is 5.88. The van der Waals surface area contributed by atoms with Gasteiger partial charge in [-0.3, -0.25) is 9.78 Å². The van der Waals surface area contributed by atoms with Crippen LogP contribution in [-0.4, -0.2) is 10.9 Å². The van der Waals surface area contributed by atoms with Gasteiger partial charge in [0.2, 0.25) is 5.91 Å². The van der Waals surface area contributed by atoms with E-state index in [1.807, 2.05) is 6.07 Å². The molecule has 1 amide bonds. The minimum Gasteiger partial charge on any atom is -0.325 e. The van der Waals surface area contributed by atoms with Crippen molar-refractivity contribution in [3.8, 4) is 0 Å². The zero-order chi connectivity index (χ0) is 9.97. The van der Waals surface area contributed by atoms with Crippen molar-refractivity contribution >= 4 is 11.6 Å². The van der Waals surface area contributed by atoms with Gasteiger partial charge in [0, 0.05) is 12.6 Å². The summed E-state index contributed by atoms with van der Waals surface area (Å²) in [5.74, 6) is -0.0393. The number of aromatic nitrogens is 1. The summed E-state index contributed by atoms with van der Waals surface area (Å²) in [6, 6.07) is 2.04. The summed E-state index contributed by atoms with van der Waals surface area (Å²) >= 11 is 0. The Hall–Kier alpha value is -1.38. The fraction of sp³-hybridized carbons (Fsp3) is 0.455. The van der Waals surface area contributed by atoms with Crippen LogP contribution < -0.4 is 5.32 Å². The molecule has 3 nitrogen and oxygen atoms in total. The van der Waals surface area contributed by atoms with Crippen molar-refractivity contribution in [2.45, 2.75) is 32.6 Å². The molecule has 0 saturated heterocycles. The standard InChI is InChI=1S/C11H14N2O/c1-8(14)13-10-6-9-4-2-3-5-11(9)12-7-10/h6-7H,2-5H2,1H3,(H,13,14). The summed E-state index contributed by atoms with van der Waals surface area (Å²) in [5, 5.41) is 2.75. The second-order valence-corrected chi connectivity index (χ2v) is 3.72. The summed E-state index contributed by atoms with van der Waals surface area (Å²) < 4.78 is 0. The molecule has 0 aromatic carbocycles. The number of amides is 1. The van der Waals surface area contributed by atoms with Gasteiger partial charge < -0.3 is 5.32 Å². The van der Waals surface area contributed by atoms with E-state index in [-0.39, 0.29) is 5.91 Å². The van der Waals surface area contributed by atoms with Crippen LogP contribution in [0.25, 0.3) is 0 Å². The molecule has 1 heterocycles. The number of fused-ring (bicyclic) bond motifs is 1. The quantitative estimate of drug-likeness (QED) is 0.735. The van der Waals surface area contributed by atoms with E-state index in [9.17, 15) is 4.79 Å². The Morgan fingerprint density at radius 1 is 1.43 bits per heavy atom. The summed E-state index contributed by atoms with van der Waals surface area (Å²) in [6.07, 6.45) is 6.38. The fourth-order valence-electron chi connectivity index (χ4n) is 1.86. The molecule has 1 aliphatic carbocycles. The van der Waals surface area contributed by atoms with Gasteiger partial charge in [-0.05, 0) is 37.3 Å². The van der Waals surface area contributed by atoms with Crippen molar-refractivity contribution in [1.29, 1.82) is 0 Å². The zero-order valence-electron chi connectivity index (χ0n) is 8.34. The summed E-state index contributed by atoms with van der Waals surface area (Å²) in [6.45, 7) is 1.51. The Morgan fingerprint density at radius 2 is 2.21 bits per heavy atom. The summed E-state index contributed by atoms with van der Waals surface area (Å²) in [4.78, 5) is 15.2. The first-order valence-corrected chi connectivity index (χ1v) is 5.01. The zero-order valence-corrected chi connectivity index (χ0v) is 8.34.